The molecule has 26 heavy (non-hydrogen) atoms. The molecule has 1 heterocycles. The number of amides is 1. The number of hydrogen-bond donors (Lipinski definition) is 1. The first-order valence-electron chi connectivity index (χ1n) is 8.28. The van der Waals surface area contributed by atoms with Crippen LogP contribution in [0.5, 0.6) is 0 Å². The van der Waals surface area contributed by atoms with Gasteiger partial charge in [-0.3, -0.25) is 9.78 Å². The van der Waals surface area contributed by atoms with Gasteiger partial charge in [0.05, 0.1) is 12.2 Å². The van der Waals surface area contributed by atoms with Gasteiger partial charge >= 0.3 is 0 Å². The normalized spacial score (nSPS) is 10.5. The minimum absolute atomic E-state index is 0.0908. The zero-order valence-corrected chi connectivity index (χ0v) is 16.0. The van der Waals surface area contributed by atoms with Gasteiger partial charge in [0.1, 0.15) is 0 Å². The fourth-order valence-electron chi connectivity index (χ4n) is 2.42. The molecule has 2 aromatic carbocycles. The molecule has 0 fully saturated rings. The quantitative estimate of drug-likeness (QED) is 0.591. The third-order valence-electron chi connectivity index (χ3n) is 3.97. The fraction of sp³-hybridized carbons (Fsp3) is 0.143. The molecule has 0 aliphatic heterocycles. The highest BCUT2D eigenvalue weighted by Gasteiger charge is 2.07. The summed E-state index contributed by atoms with van der Waals surface area (Å²) >= 11 is 7.64. The van der Waals surface area contributed by atoms with Crippen LogP contribution in [0, 0.1) is 6.92 Å². The zero-order valence-electron chi connectivity index (χ0n) is 14.4. The summed E-state index contributed by atoms with van der Waals surface area (Å²) in [7, 11) is 0. The molecule has 0 atom stereocenters. The van der Waals surface area contributed by atoms with Crippen molar-refractivity contribution in [1.29, 1.82) is 0 Å². The largest absolute Gasteiger partial charge is 0.346 e. The van der Waals surface area contributed by atoms with Crippen LogP contribution < -0.4 is 5.32 Å². The van der Waals surface area contributed by atoms with E-state index in [4.69, 9.17) is 11.6 Å². The number of nitrogens with one attached hydrogen (secondary N) is 1. The number of aryl methyl sites for hydroxylation is 1. The van der Waals surface area contributed by atoms with Crippen LogP contribution in [0.15, 0.2) is 71.8 Å². The lowest BCUT2D eigenvalue weighted by Gasteiger charge is -2.08. The number of nitrogens with zero attached hydrogens (tertiary/aromatic N) is 1. The van der Waals surface area contributed by atoms with Crippen molar-refractivity contribution in [2.24, 2.45) is 0 Å². The molecule has 3 rings (SSSR count). The number of aromatic nitrogens is 1. The van der Waals surface area contributed by atoms with Gasteiger partial charge in [0.15, 0.2) is 0 Å². The maximum absolute atomic E-state index is 12.3. The van der Waals surface area contributed by atoms with E-state index < -0.39 is 0 Å². The van der Waals surface area contributed by atoms with Gasteiger partial charge in [-0.05, 0) is 60.5 Å². The standard InChI is InChI=1S/C21H19ClN2OS/c1-15-3-2-12-23-20(15)13-24-21(25)17-6-4-16(5-7-17)14-26-19-10-8-18(22)9-11-19/h2-12H,13-14H2,1H3,(H,24,25). The minimum atomic E-state index is -0.0908. The number of carbonyl (C=O) groups is 1. The predicted octanol–water partition coefficient (Wildman–Crippen LogP) is 5.27. The van der Waals surface area contributed by atoms with Crippen molar-refractivity contribution in [2.75, 3.05) is 0 Å². The third kappa shape index (κ3) is 5.10. The molecule has 0 radical (unpaired) electrons. The molecular formula is C21H19ClN2OS. The molecule has 1 amide bonds. The molecule has 3 aromatic rings. The lowest BCUT2D eigenvalue weighted by atomic mass is 10.1. The Labute approximate surface area is 162 Å². The van der Waals surface area contributed by atoms with Crippen LogP contribution in [0.2, 0.25) is 5.02 Å². The molecule has 1 aromatic heterocycles. The first-order chi connectivity index (χ1) is 12.6. The van der Waals surface area contributed by atoms with Crippen LogP contribution in [0.1, 0.15) is 27.2 Å². The average molecular weight is 383 g/mol. The summed E-state index contributed by atoms with van der Waals surface area (Å²) in [6, 6.07) is 19.4. The third-order valence-corrected chi connectivity index (χ3v) is 5.30. The van der Waals surface area contributed by atoms with E-state index in [9.17, 15) is 4.79 Å². The summed E-state index contributed by atoms with van der Waals surface area (Å²) in [6.07, 6.45) is 1.74. The van der Waals surface area contributed by atoms with E-state index in [1.807, 2.05) is 67.6 Å². The Morgan fingerprint density at radius 2 is 1.81 bits per heavy atom. The van der Waals surface area contributed by atoms with Gasteiger partial charge in [0, 0.05) is 27.4 Å². The molecule has 0 spiro atoms. The average Bonchev–Trinajstić information content (AvgIpc) is 2.67. The highest BCUT2D eigenvalue weighted by Crippen LogP contribution is 2.24. The number of halogens is 1. The molecule has 132 valence electrons. The fourth-order valence-corrected chi connectivity index (χ4v) is 3.40. The van der Waals surface area contributed by atoms with E-state index in [1.165, 1.54) is 10.5 Å². The number of rotatable bonds is 6. The predicted molar refractivity (Wildman–Crippen MR) is 108 cm³/mol. The lowest BCUT2D eigenvalue weighted by Crippen LogP contribution is -2.23. The van der Waals surface area contributed by atoms with E-state index in [1.54, 1.807) is 18.0 Å². The summed E-state index contributed by atoms with van der Waals surface area (Å²) in [4.78, 5) is 17.8. The summed E-state index contributed by atoms with van der Waals surface area (Å²) in [5.41, 5.74) is 3.78. The second kappa shape index (κ2) is 8.88. The summed E-state index contributed by atoms with van der Waals surface area (Å²) in [5, 5.41) is 3.66. The van der Waals surface area contributed by atoms with Gasteiger partial charge in [-0.1, -0.05) is 29.8 Å². The molecule has 0 saturated heterocycles. The maximum atomic E-state index is 12.3. The van der Waals surface area contributed by atoms with Crippen molar-refractivity contribution in [3.8, 4) is 0 Å². The van der Waals surface area contributed by atoms with Crippen molar-refractivity contribution in [1.82, 2.24) is 10.3 Å². The van der Waals surface area contributed by atoms with E-state index in [0.717, 1.165) is 22.0 Å². The van der Waals surface area contributed by atoms with Gasteiger partial charge in [0.25, 0.3) is 5.91 Å². The van der Waals surface area contributed by atoms with Crippen molar-refractivity contribution in [3.63, 3.8) is 0 Å². The number of carbonyl (C=O) groups excluding carboxylic acids is 1. The Hall–Kier alpha value is -2.30. The Balaban J connectivity index is 1.54. The van der Waals surface area contributed by atoms with Crippen molar-refractivity contribution < 1.29 is 4.79 Å². The van der Waals surface area contributed by atoms with E-state index in [0.29, 0.717) is 12.1 Å². The second-order valence-corrected chi connectivity index (χ2v) is 7.37. The van der Waals surface area contributed by atoms with Crippen LogP contribution in [0.25, 0.3) is 0 Å². The van der Waals surface area contributed by atoms with Gasteiger partial charge in [-0.2, -0.15) is 0 Å². The Morgan fingerprint density at radius 3 is 2.50 bits per heavy atom. The topological polar surface area (TPSA) is 42.0 Å². The van der Waals surface area contributed by atoms with Crippen LogP contribution >= 0.6 is 23.4 Å². The Bertz CT molecular complexity index is 879. The maximum Gasteiger partial charge on any atom is 0.251 e. The molecular weight excluding hydrogens is 364 g/mol. The highest BCUT2D eigenvalue weighted by atomic mass is 35.5. The molecule has 3 nitrogen and oxygen atoms in total. The molecule has 0 aliphatic carbocycles. The van der Waals surface area contributed by atoms with Gasteiger partial charge in [-0.15, -0.1) is 11.8 Å². The number of benzene rings is 2. The second-order valence-electron chi connectivity index (χ2n) is 5.89. The number of thioether (sulfide) groups is 1. The van der Waals surface area contributed by atoms with Crippen molar-refractivity contribution >= 4 is 29.3 Å². The Morgan fingerprint density at radius 1 is 1.08 bits per heavy atom. The van der Waals surface area contributed by atoms with Gasteiger partial charge in [0.2, 0.25) is 0 Å². The smallest absolute Gasteiger partial charge is 0.251 e. The first-order valence-corrected chi connectivity index (χ1v) is 9.64. The lowest BCUT2D eigenvalue weighted by molar-refractivity contribution is 0.0950. The van der Waals surface area contributed by atoms with Crippen molar-refractivity contribution in [3.05, 3.63) is 94.3 Å². The molecule has 0 saturated carbocycles. The van der Waals surface area contributed by atoms with Gasteiger partial charge < -0.3 is 5.32 Å². The SMILES string of the molecule is Cc1cccnc1CNC(=O)c1ccc(CSc2ccc(Cl)cc2)cc1. The van der Waals surface area contributed by atoms with Crippen LogP contribution in [0.4, 0.5) is 0 Å². The Kier molecular flexibility index (Phi) is 6.31. The first kappa shape index (κ1) is 18.5. The van der Waals surface area contributed by atoms with E-state index in [2.05, 4.69) is 10.3 Å². The minimum Gasteiger partial charge on any atom is -0.346 e. The molecule has 0 unspecified atom stereocenters. The van der Waals surface area contributed by atoms with E-state index in [-0.39, 0.29) is 5.91 Å². The molecule has 1 N–H and O–H groups in total. The van der Waals surface area contributed by atoms with Crippen LogP contribution in [0.3, 0.4) is 0 Å². The van der Waals surface area contributed by atoms with Gasteiger partial charge in [-0.25, -0.2) is 0 Å². The molecule has 5 heteroatoms. The summed E-state index contributed by atoms with van der Waals surface area (Å²) in [6.45, 7) is 2.42. The molecule has 0 aliphatic rings. The molecule has 0 bridgehead atoms. The monoisotopic (exact) mass is 382 g/mol. The summed E-state index contributed by atoms with van der Waals surface area (Å²) in [5.74, 6) is 0.753. The van der Waals surface area contributed by atoms with Crippen LogP contribution in [-0.4, -0.2) is 10.9 Å². The highest BCUT2D eigenvalue weighted by molar-refractivity contribution is 7.98. The number of hydrogen-bond acceptors (Lipinski definition) is 3. The van der Waals surface area contributed by atoms with Crippen molar-refractivity contribution in [2.45, 2.75) is 24.1 Å². The number of pyridine rings is 1. The van der Waals surface area contributed by atoms with Crippen LogP contribution in [-0.2, 0) is 12.3 Å². The van der Waals surface area contributed by atoms with E-state index >= 15 is 0 Å². The zero-order chi connectivity index (χ0) is 18.4. The summed E-state index contributed by atoms with van der Waals surface area (Å²) < 4.78 is 0.